The van der Waals surface area contributed by atoms with Crippen LogP contribution in [0.15, 0.2) is 18.2 Å². The van der Waals surface area contributed by atoms with Crippen LogP contribution in [-0.2, 0) is 6.54 Å². The largest absolute Gasteiger partial charge is 0.313 e. The molecule has 0 spiro atoms. The van der Waals surface area contributed by atoms with E-state index in [1.165, 1.54) is 43.2 Å². The molecule has 2 rings (SSSR count). The summed E-state index contributed by atoms with van der Waals surface area (Å²) in [7, 11) is 0. The van der Waals surface area contributed by atoms with Gasteiger partial charge in [0.2, 0.25) is 0 Å². The lowest BCUT2D eigenvalue weighted by Gasteiger charge is -2.26. The molecule has 2 heteroatoms. The van der Waals surface area contributed by atoms with Gasteiger partial charge in [0.25, 0.3) is 0 Å². The molecule has 0 unspecified atom stereocenters. The Morgan fingerprint density at radius 3 is 2.63 bits per heavy atom. The lowest BCUT2D eigenvalue weighted by Crippen LogP contribution is -2.20. The third-order valence-electron chi connectivity index (χ3n) is 4.39. The molecular formula is C17H26ClN. The fourth-order valence-electron chi connectivity index (χ4n) is 2.94. The molecule has 1 aliphatic carbocycles. The summed E-state index contributed by atoms with van der Waals surface area (Å²) in [6.07, 6.45) is 7.02. The van der Waals surface area contributed by atoms with Gasteiger partial charge in [0.1, 0.15) is 0 Å². The van der Waals surface area contributed by atoms with Crippen LogP contribution in [-0.4, -0.2) is 6.54 Å². The molecule has 0 bridgehead atoms. The molecule has 1 nitrogen and oxygen atoms in total. The van der Waals surface area contributed by atoms with Gasteiger partial charge in [-0.3, -0.25) is 0 Å². The van der Waals surface area contributed by atoms with Gasteiger partial charge in [-0.25, -0.2) is 0 Å². The Bertz CT molecular complexity index is 394. The molecule has 0 atom stereocenters. The van der Waals surface area contributed by atoms with Crippen molar-refractivity contribution in [1.29, 1.82) is 0 Å². The van der Waals surface area contributed by atoms with Crippen molar-refractivity contribution < 1.29 is 0 Å². The molecule has 0 heterocycles. The average Bonchev–Trinajstić information content (AvgIpc) is 2.39. The molecule has 1 saturated carbocycles. The van der Waals surface area contributed by atoms with Crippen molar-refractivity contribution in [2.24, 2.45) is 11.8 Å². The highest BCUT2D eigenvalue weighted by Crippen LogP contribution is 2.30. The van der Waals surface area contributed by atoms with E-state index in [0.29, 0.717) is 0 Å². The summed E-state index contributed by atoms with van der Waals surface area (Å²) in [4.78, 5) is 0. The van der Waals surface area contributed by atoms with Gasteiger partial charge >= 0.3 is 0 Å². The van der Waals surface area contributed by atoms with Crippen molar-refractivity contribution in [3.63, 3.8) is 0 Å². The molecule has 1 aromatic carbocycles. The highest BCUT2D eigenvalue weighted by Gasteiger charge is 2.17. The van der Waals surface area contributed by atoms with Crippen LogP contribution in [0.5, 0.6) is 0 Å². The molecule has 0 aromatic heterocycles. The fraction of sp³-hybridized carbons (Fsp3) is 0.647. The van der Waals surface area contributed by atoms with E-state index in [9.17, 15) is 0 Å². The van der Waals surface area contributed by atoms with Gasteiger partial charge in [-0.15, -0.1) is 0 Å². The minimum atomic E-state index is 0.888. The first kappa shape index (κ1) is 14.9. The van der Waals surface area contributed by atoms with Gasteiger partial charge in [-0.05, 0) is 48.9 Å². The lowest BCUT2D eigenvalue weighted by atomic mass is 9.81. The predicted octanol–water partition coefficient (Wildman–Crippen LogP) is 4.95. The molecule has 1 aliphatic rings. The molecule has 1 fully saturated rings. The summed E-state index contributed by atoms with van der Waals surface area (Å²) in [6.45, 7) is 6.46. The van der Waals surface area contributed by atoms with E-state index in [1.807, 2.05) is 6.07 Å². The molecule has 19 heavy (non-hydrogen) atoms. The minimum absolute atomic E-state index is 0.888. The van der Waals surface area contributed by atoms with E-state index in [4.69, 9.17) is 11.6 Å². The average molecular weight is 280 g/mol. The van der Waals surface area contributed by atoms with Crippen LogP contribution >= 0.6 is 11.6 Å². The van der Waals surface area contributed by atoms with Gasteiger partial charge in [-0.2, -0.15) is 0 Å². The predicted molar refractivity (Wildman–Crippen MR) is 83.6 cm³/mol. The van der Waals surface area contributed by atoms with Crippen LogP contribution in [0.25, 0.3) is 0 Å². The summed E-state index contributed by atoms with van der Waals surface area (Å²) < 4.78 is 0. The highest BCUT2D eigenvalue weighted by molar-refractivity contribution is 6.31. The second-order valence-corrected chi connectivity index (χ2v) is 6.59. The van der Waals surface area contributed by atoms with E-state index in [-0.39, 0.29) is 0 Å². The number of nitrogens with one attached hydrogen (secondary N) is 1. The molecule has 0 amide bonds. The van der Waals surface area contributed by atoms with Gasteiger partial charge in [0.05, 0.1) is 0 Å². The van der Waals surface area contributed by atoms with E-state index in [1.54, 1.807) is 0 Å². The quantitative estimate of drug-likeness (QED) is 0.752. The minimum Gasteiger partial charge on any atom is -0.313 e. The van der Waals surface area contributed by atoms with Crippen LogP contribution < -0.4 is 5.32 Å². The molecular weight excluding hydrogens is 254 g/mol. The van der Waals surface area contributed by atoms with E-state index < -0.39 is 0 Å². The lowest BCUT2D eigenvalue weighted by molar-refractivity contribution is 0.275. The Labute approximate surface area is 122 Å². The first-order chi connectivity index (χ1) is 9.15. The first-order valence-electron chi connectivity index (χ1n) is 7.61. The number of hydrogen-bond acceptors (Lipinski definition) is 1. The summed E-state index contributed by atoms with van der Waals surface area (Å²) in [5.74, 6) is 1.90. The summed E-state index contributed by atoms with van der Waals surface area (Å²) in [6, 6.07) is 6.31. The maximum absolute atomic E-state index is 6.23. The SMILES string of the molecule is Cc1ccc(CNCCC2CCC(C)CC2)c(Cl)c1. The monoisotopic (exact) mass is 279 g/mol. The van der Waals surface area contributed by atoms with Crippen molar-refractivity contribution in [2.75, 3.05) is 6.54 Å². The Kier molecular flexibility index (Phi) is 5.72. The number of benzene rings is 1. The van der Waals surface area contributed by atoms with Crippen LogP contribution in [0.2, 0.25) is 5.02 Å². The van der Waals surface area contributed by atoms with Crippen molar-refractivity contribution in [3.8, 4) is 0 Å². The first-order valence-corrected chi connectivity index (χ1v) is 7.98. The van der Waals surface area contributed by atoms with E-state index >= 15 is 0 Å². The smallest absolute Gasteiger partial charge is 0.0453 e. The third kappa shape index (κ3) is 4.81. The maximum Gasteiger partial charge on any atom is 0.0453 e. The van der Waals surface area contributed by atoms with Gasteiger partial charge in [0.15, 0.2) is 0 Å². The number of hydrogen-bond donors (Lipinski definition) is 1. The second-order valence-electron chi connectivity index (χ2n) is 6.19. The standard InChI is InChI=1S/C17H26ClN/c1-13-3-6-15(7-4-13)9-10-19-12-16-8-5-14(2)11-17(16)18/h5,8,11,13,15,19H,3-4,6-7,9-10,12H2,1-2H3. The summed E-state index contributed by atoms with van der Waals surface area (Å²) in [5, 5.41) is 4.42. The van der Waals surface area contributed by atoms with E-state index in [0.717, 1.165) is 29.9 Å². The Hall–Kier alpha value is -0.530. The van der Waals surface area contributed by atoms with Crippen LogP contribution in [0.1, 0.15) is 50.2 Å². The van der Waals surface area contributed by atoms with Crippen molar-refractivity contribution in [2.45, 2.75) is 52.5 Å². The Morgan fingerprint density at radius 2 is 1.95 bits per heavy atom. The zero-order valence-corrected chi connectivity index (χ0v) is 13.0. The second kappa shape index (κ2) is 7.31. The molecule has 0 saturated heterocycles. The Morgan fingerprint density at radius 1 is 1.21 bits per heavy atom. The van der Waals surface area contributed by atoms with Crippen molar-refractivity contribution >= 4 is 11.6 Å². The third-order valence-corrected chi connectivity index (χ3v) is 4.74. The molecule has 0 radical (unpaired) electrons. The van der Waals surface area contributed by atoms with Gasteiger partial charge in [-0.1, -0.05) is 56.3 Å². The summed E-state index contributed by atoms with van der Waals surface area (Å²) in [5.41, 5.74) is 2.44. The Balaban J connectivity index is 1.66. The van der Waals surface area contributed by atoms with Crippen molar-refractivity contribution in [1.82, 2.24) is 5.32 Å². The number of halogens is 1. The van der Waals surface area contributed by atoms with Crippen LogP contribution in [0, 0.1) is 18.8 Å². The number of aryl methyl sites for hydroxylation is 1. The number of rotatable bonds is 5. The molecule has 1 aromatic rings. The van der Waals surface area contributed by atoms with Gasteiger partial charge < -0.3 is 5.32 Å². The zero-order chi connectivity index (χ0) is 13.7. The zero-order valence-electron chi connectivity index (χ0n) is 12.2. The van der Waals surface area contributed by atoms with Crippen LogP contribution in [0.4, 0.5) is 0 Å². The van der Waals surface area contributed by atoms with Crippen molar-refractivity contribution in [3.05, 3.63) is 34.3 Å². The van der Waals surface area contributed by atoms with Crippen LogP contribution in [0.3, 0.4) is 0 Å². The highest BCUT2D eigenvalue weighted by atomic mass is 35.5. The molecule has 106 valence electrons. The van der Waals surface area contributed by atoms with E-state index in [2.05, 4.69) is 31.3 Å². The molecule has 0 aliphatic heterocycles. The fourth-order valence-corrected chi connectivity index (χ4v) is 3.24. The topological polar surface area (TPSA) is 12.0 Å². The summed E-state index contributed by atoms with van der Waals surface area (Å²) >= 11 is 6.23. The van der Waals surface area contributed by atoms with Gasteiger partial charge in [0, 0.05) is 11.6 Å². The normalized spacial score (nSPS) is 23.5. The maximum atomic E-state index is 6.23. The molecule has 1 N–H and O–H groups in total.